The Balaban J connectivity index is 0.000000292. The fourth-order valence-electron chi connectivity index (χ4n) is 1.07. The molecule has 1 heterocycles. The SMILES string of the molecule is CSC1SC(C)CN1C.F[B-](F)(F)F. The van der Waals surface area contributed by atoms with E-state index < -0.39 is 7.25 Å². The normalized spacial score (nSPS) is 28.5. The first-order valence-electron chi connectivity index (χ1n) is 4.00. The zero-order chi connectivity index (χ0) is 11.4. The lowest BCUT2D eigenvalue weighted by atomic mass is 10.3. The standard InChI is InChI=1S/C6H13NS2.BF4/c1-5-4-7(2)6(8-3)9-5;2-1(3,4)5/h5-6H,4H2,1-3H3;/q;-1. The molecular formula is C6H13BF4NS2-. The third-order valence-electron chi connectivity index (χ3n) is 1.46. The van der Waals surface area contributed by atoms with Gasteiger partial charge in [-0.2, -0.15) is 0 Å². The molecule has 86 valence electrons. The molecule has 0 N–H and O–H groups in total. The molecule has 2 unspecified atom stereocenters. The van der Waals surface area contributed by atoms with Crippen LogP contribution in [0.25, 0.3) is 0 Å². The van der Waals surface area contributed by atoms with Gasteiger partial charge in [0.15, 0.2) is 0 Å². The number of hydrogen-bond donors (Lipinski definition) is 0. The Morgan fingerprint density at radius 1 is 1.36 bits per heavy atom. The van der Waals surface area contributed by atoms with Gasteiger partial charge in [-0.3, -0.25) is 4.90 Å². The van der Waals surface area contributed by atoms with E-state index in [0.29, 0.717) is 4.71 Å². The molecule has 0 aromatic carbocycles. The summed E-state index contributed by atoms with van der Waals surface area (Å²) in [6.45, 7) is 3.54. The van der Waals surface area contributed by atoms with Crippen LogP contribution < -0.4 is 0 Å². The molecule has 0 bridgehead atoms. The molecule has 0 aromatic heterocycles. The first-order valence-corrected chi connectivity index (χ1v) is 6.23. The molecule has 1 rings (SSSR count). The lowest BCUT2D eigenvalue weighted by molar-refractivity contribution is 0.368. The summed E-state index contributed by atoms with van der Waals surface area (Å²) in [5.74, 6) is 0. The van der Waals surface area contributed by atoms with Crippen molar-refractivity contribution >= 4 is 30.8 Å². The van der Waals surface area contributed by atoms with E-state index in [9.17, 15) is 17.3 Å². The average Bonchev–Trinajstić information content (AvgIpc) is 2.25. The van der Waals surface area contributed by atoms with Gasteiger partial charge in [-0.25, -0.2) is 0 Å². The summed E-state index contributed by atoms with van der Waals surface area (Å²) < 4.78 is 39.7. The molecule has 14 heavy (non-hydrogen) atoms. The summed E-state index contributed by atoms with van der Waals surface area (Å²) in [4.78, 5) is 2.40. The van der Waals surface area contributed by atoms with Gasteiger partial charge in [-0.1, -0.05) is 6.92 Å². The smallest absolute Gasteiger partial charge is 0.418 e. The molecule has 0 saturated carbocycles. The van der Waals surface area contributed by atoms with E-state index in [1.54, 1.807) is 0 Å². The Kier molecular flexibility index (Phi) is 6.32. The second-order valence-electron chi connectivity index (χ2n) is 2.92. The number of halogens is 4. The van der Waals surface area contributed by atoms with Gasteiger partial charge < -0.3 is 17.3 Å². The summed E-state index contributed by atoms with van der Waals surface area (Å²) in [6, 6.07) is 0. The maximum absolute atomic E-state index is 9.75. The van der Waals surface area contributed by atoms with Crippen molar-refractivity contribution in [3.05, 3.63) is 0 Å². The summed E-state index contributed by atoms with van der Waals surface area (Å²) in [5.41, 5.74) is 0. The molecule has 0 aromatic rings. The predicted octanol–water partition coefficient (Wildman–Crippen LogP) is 3.00. The Morgan fingerprint density at radius 3 is 1.93 bits per heavy atom. The first-order chi connectivity index (χ1) is 6.24. The average molecular weight is 250 g/mol. The molecule has 2 atom stereocenters. The highest BCUT2D eigenvalue weighted by Gasteiger charge is 2.25. The first kappa shape index (κ1) is 14.4. The summed E-state index contributed by atoms with van der Waals surface area (Å²) in [7, 11) is -3.81. The van der Waals surface area contributed by atoms with Crippen molar-refractivity contribution in [2.75, 3.05) is 19.8 Å². The van der Waals surface area contributed by atoms with Crippen LogP contribution in [-0.4, -0.2) is 42.0 Å². The van der Waals surface area contributed by atoms with E-state index in [1.807, 2.05) is 11.8 Å². The Morgan fingerprint density at radius 2 is 1.79 bits per heavy atom. The molecule has 1 saturated heterocycles. The highest BCUT2D eigenvalue weighted by molar-refractivity contribution is 8.17. The Labute approximate surface area is 90.1 Å². The fraction of sp³-hybridized carbons (Fsp3) is 1.00. The summed E-state index contributed by atoms with van der Waals surface area (Å²) in [5, 5.41) is 0.826. The maximum Gasteiger partial charge on any atom is 0.673 e. The third kappa shape index (κ3) is 7.81. The van der Waals surface area contributed by atoms with Gasteiger partial charge in [0.2, 0.25) is 0 Å². The number of rotatable bonds is 1. The molecular weight excluding hydrogens is 237 g/mol. The fourth-order valence-corrected chi connectivity index (χ4v) is 3.54. The van der Waals surface area contributed by atoms with Crippen LogP contribution in [0.3, 0.4) is 0 Å². The monoisotopic (exact) mass is 250 g/mol. The second-order valence-corrected chi connectivity index (χ2v) is 5.66. The Hall–Kier alpha value is 0.445. The number of hydrogen-bond acceptors (Lipinski definition) is 3. The van der Waals surface area contributed by atoms with E-state index in [2.05, 4.69) is 36.9 Å². The van der Waals surface area contributed by atoms with Gasteiger partial charge in [-0.15, -0.1) is 23.5 Å². The minimum Gasteiger partial charge on any atom is -0.418 e. The largest absolute Gasteiger partial charge is 0.673 e. The molecule has 1 aliphatic heterocycles. The van der Waals surface area contributed by atoms with Crippen molar-refractivity contribution in [1.82, 2.24) is 4.90 Å². The van der Waals surface area contributed by atoms with Gasteiger partial charge in [0.25, 0.3) is 0 Å². The zero-order valence-corrected chi connectivity index (χ0v) is 9.85. The van der Waals surface area contributed by atoms with Crippen molar-refractivity contribution in [3.63, 3.8) is 0 Å². The van der Waals surface area contributed by atoms with E-state index in [-0.39, 0.29) is 0 Å². The van der Waals surface area contributed by atoms with Gasteiger partial charge in [0.05, 0.1) is 0 Å². The predicted molar refractivity (Wildman–Crippen MR) is 57.2 cm³/mol. The van der Waals surface area contributed by atoms with Crippen molar-refractivity contribution in [2.45, 2.75) is 16.9 Å². The van der Waals surface area contributed by atoms with Gasteiger partial charge in [0, 0.05) is 11.8 Å². The summed E-state index contributed by atoms with van der Waals surface area (Å²) in [6.07, 6.45) is 2.17. The molecule has 1 aliphatic rings. The minimum atomic E-state index is -6.00. The lowest BCUT2D eigenvalue weighted by Crippen LogP contribution is -2.20. The second kappa shape index (κ2) is 6.12. The van der Waals surface area contributed by atoms with Crippen molar-refractivity contribution < 1.29 is 17.3 Å². The minimum absolute atomic E-state index is 0.708. The van der Waals surface area contributed by atoms with Crippen LogP contribution in [0, 0.1) is 0 Å². The third-order valence-corrected chi connectivity index (χ3v) is 4.34. The molecule has 1 fully saturated rings. The van der Waals surface area contributed by atoms with E-state index >= 15 is 0 Å². The molecule has 8 heteroatoms. The van der Waals surface area contributed by atoms with Crippen molar-refractivity contribution in [3.8, 4) is 0 Å². The van der Waals surface area contributed by atoms with E-state index in [0.717, 1.165) is 5.25 Å². The van der Waals surface area contributed by atoms with Gasteiger partial charge in [-0.05, 0) is 13.3 Å². The molecule has 1 nitrogen and oxygen atoms in total. The molecule has 0 spiro atoms. The van der Waals surface area contributed by atoms with Gasteiger partial charge >= 0.3 is 7.25 Å². The van der Waals surface area contributed by atoms with Crippen LogP contribution in [0.5, 0.6) is 0 Å². The van der Waals surface area contributed by atoms with Crippen LogP contribution in [0.4, 0.5) is 17.3 Å². The lowest BCUT2D eigenvalue weighted by Gasteiger charge is -2.14. The highest BCUT2D eigenvalue weighted by atomic mass is 32.2. The van der Waals surface area contributed by atoms with Crippen molar-refractivity contribution in [2.24, 2.45) is 0 Å². The van der Waals surface area contributed by atoms with Crippen LogP contribution >= 0.6 is 23.5 Å². The van der Waals surface area contributed by atoms with Crippen LogP contribution in [-0.2, 0) is 0 Å². The topological polar surface area (TPSA) is 3.24 Å². The zero-order valence-electron chi connectivity index (χ0n) is 8.21. The molecule has 0 aliphatic carbocycles. The van der Waals surface area contributed by atoms with E-state index in [1.165, 1.54) is 6.54 Å². The molecule has 0 amide bonds. The quantitative estimate of drug-likeness (QED) is 0.520. The maximum atomic E-state index is 9.75. The van der Waals surface area contributed by atoms with Crippen LogP contribution in [0.1, 0.15) is 6.92 Å². The Bertz CT molecular complexity index is 162. The number of nitrogens with zero attached hydrogens (tertiary/aromatic N) is 1. The highest BCUT2D eigenvalue weighted by Crippen LogP contribution is 2.34. The van der Waals surface area contributed by atoms with E-state index in [4.69, 9.17) is 0 Å². The van der Waals surface area contributed by atoms with Crippen LogP contribution in [0.2, 0.25) is 0 Å². The van der Waals surface area contributed by atoms with Crippen molar-refractivity contribution in [1.29, 1.82) is 0 Å². The molecule has 0 radical (unpaired) electrons. The van der Waals surface area contributed by atoms with Crippen LogP contribution in [0.15, 0.2) is 0 Å². The summed E-state index contributed by atoms with van der Waals surface area (Å²) >= 11 is 4.00. The number of thioether (sulfide) groups is 2. The van der Waals surface area contributed by atoms with Gasteiger partial charge in [0.1, 0.15) is 4.71 Å².